The van der Waals surface area contributed by atoms with Crippen LogP contribution in [0.15, 0.2) is 11.4 Å². The maximum Gasteiger partial charge on any atom is 0.490 e. The fourth-order valence-electron chi connectivity index (χ4n) is 3.89. The molecule has 1 aromatic heterocycles. The molecule has 7 nitrogen and oxygen atoms in total. The molecule has 0 saturated carbocycles. The lowest BCUT2D eigenvalue weighted by Gasteiger charge is -2.44. The number of alkyl halides is 3. The standard InChI is InChI=1S/C16H26N2O3S2.C2HF3O2/c1-13-4-10-22-14(13)11-18-8-3-15-16(12-18,6-9-21-15)5-7-17-23(2,19)20;3-2(4,5)1(6)7/h4,10,15,17H,3,5-9,11-12H2,1-2H3;(H,6,7)/t15-,16+;/m1./s1. The molecule has 2 atom stereocenters. The summed E-state index contributed by atoms with van der Waals surface area (Å²) in [7, 11) is -3.12. The third-order valence-electron chi connectivity index (χ3n) is 5.41. The van der Waals surface area contributed by atoms with Crippen molar-refractivity contribution in [2.75, 3.05) is 32.5 Å². The highest BCUT2D eigenvalue weighted by Crippen LogP contribution is 2.43. The molecule has 172 valence electrons. The molecule has 0 unspecified atom stereocenters. The molecule has 0 aliphatic carbocycles. The number of likely N-dealkylation sites (tertiary alicyclic amines) is 1. The summed E-state index contributed by atoms with van der Waals surface area (Å²) in [6.07, 6.45) is -0.652. The minimum Gasteiger partial charge on any atom is -0.475 e. The van der Waals surface area contributed by atoms with E-state index in [4.69, 9.17) is 14.6 Å². The Bertz CT molecular complexity index is 828. The van der Waals surface area contributed by atoms with Crippen LogP contribution in [0.5, 0.6) is 0 Å². The van der Waals surface area contributed by atoms with Gasteiger partial charge in [-0.2, -0.15) is 13.2 Å². The van der Waals surface area contributed by atoms with E-state index in [0.29, 0.717) is 6.54 Å². The molecule has 0 bridgehead atoms. The second-order valence-electron chi connectivity index (χ2n) is 7.72. The predicted molar refractivity (Wildman–Crippen MR) is 107 cm³/mol. The van der Waals surface area contributed by atoms with Gasteiger partial charge in [-0.3, -0.25) is 4.90 Å². The van der Waals surface area contributed by atoms with Crippen LogP contribution in [0, 0.1) is 12.3 Å². The van der Waals surface area contributed by atoms with Gasteiger partial charge in [0, 0.05) is 43.1 Å². The number of thiophene rings is 1. The molecule has 2 N–H and O–H groups in total. The number of halogens is 3. The molecule has 0 aromatic carbocycles. The van der Waals surface area contributed by atoms with E-state index in [9.17, 15) is 21.6 Å². The highest BCUT2D eigenvalue weighted by atomic mass is 32.2. The number of hydrogen-bond donors (Lipinski definition) is 2. The molecule has 2 saturated heterocycles. The van der Waals surface area contributed by atoms with E-state index in [1.54, 1.807) is 0 Å². The number of hydrogen-bond acceptors (Lipinski definition) is 6. The summed E-state index contributed by atoms with van der Waals surface area (Å²) in [5.41, 5.74) is 1.47. The van der Waals surface area contributed by atoms with Crippen molar-refractivity contribution >= 4 is 27.3 Å². The quantitative estimate of drug-likeness (QED) is 0.661. The smallest absolute Gasteiger partial charge is 0.475 e. The molecular weight excluding hydrogens is 445 g/mol. The summed E-state index contributed by atoms with van der Waals surface area (Å²) >= 11 is 1.82. The molecule has 12 heteroatoms. The van der Waals surface area contributed by atoms with Crippen molar-refractivity contribution in [3.8, 4) is 0 Å². The van der Waals surface area contributed by atoms with Crippen molar-refractivity contribution in [3.05, 3.63) is 21.9 Å². The Morgan fingerprint density at radius 2 is 2.13 bits per heavy atom. The van der Waals surface area contributed by atoms with Gasteiger partial charge in [-0.25, -0.2) is 17.9 Å². The van der Waals surface area contributed by atoms with Crippen LogP contribution in [0.3, 0.4) is 0 Å². The number of aryl methyl sites for hydroxylation is 1. The van der Waals surface area contributed by atoms with Crippen molar-refractivity contribution in [2.45, 2.75) is 45.0 Å². The largest absolute Gasteiger partial charge is 0.490 e. The van der Waals surface area contributed by atoms with Crippen LogP contribution in [0.25, 0.3) is 0 Å². The third-order valence-corrected chi connectivity index (χ3v) is 7.15. The third kappa shape index (κ3) is 7.19. The number of sulfonamides is 1. The van der Waals surface area contributed by atoms with Gasteiger partial charge in [-0.05, 0) is 43.2 Å². The van der Waals surface area contributed by atoms with Crippen LogP contribution in [0.4, 0.5) is 13.2 Å². The van der Waals surface area contributed by atoms with Crippen molar-refractivity contribution in [3.63, 3.8) is 0 Å². The van der Waals surface area contributed by atoms with E-state index in [2.05, 4.69) is 28.0 Å². The maximum absolute atomic E-state index is 11.3. The Morgan fingerprint density at radius 1 is 1.47 bits per heavy atom. The van der Waals surface area contributed by atoms with Crippen LogP contribution >= 0.6 is 11.3 Å². The monoisotopic (exact) mass is 472 g/mol. The first-order chi connectivity index (χ1) is 13.8. The fourth-order valence-corrected chi connectivity index (χ4v) is 5.31. The van der Waals surface area contributed by atoms with Gasteiger partial charge in [0.1, 0.15) is 0 Å². The number of aliphatic carboxylic acids is 1. The first-order valence-electron chi connectivity index (χ1n) is 9.44. The second-order valence-corrected chi connectivity index (χ2v) is 10.6. The van der Waals surface area contributed by atoms with Crippen LogP contribution in [-0.4, -0.2) is 69.2 Å². The number of ether oxygens (including phenoxy) is 1. The number of carbonyl (C=O) groups is 1. The van der Waals surface area contributed by atoms with E-state index in [1.807, 2.05) is 11.3 Å². The highest BCUT2D eigenvalue weighted by Gasteiger charge is 2.47. The molecule has 1 aromatic rings. The number of rotatable bonds is 6. The Balaban J connectivity index is 0.000000396. The zero-order chi connectivity index (χ0) is 22.6. The summed E-state index contributed by atoms with van der Waals surface area (Å²) in [6.45, 7) is 6.53. The Labute approximate surface area is 178 Å². The van der Waals surface area contributed by atoms with Gasteiger partial charge in [0.05, 0.1) is 12.4 Å². The lowest BCUT2D eigenvalue weighted by Crippen LogP contribution is -2.50. The average molecular weight is 473 g/mol. The van der Waals surface area contributed by atoms with Gasteiger partial charge in [0.2, 0.25) is 10.0 Å². The predicted octanol–water partition coefficient (Wildman–Crippen LogP) is 2.61. The van der Waals surface area contributed by atoms with E-state index in [1.165, 1.54) is 16.7 Å². The molecule has 3 heterocycles. The first kappa shape index (κ1) is 25.1. The van der Waals surface area contributed by atoms with E-state index in [0.717, 1.165) is 45.5 Å². The summed E-state index contributed by atoms with van der Waals surface area (Å²) in [5.74, 6) is -2.76. The van der Waals surface area contributed by atoms with E-state index >= 15 is 0 Å². The van der Waals surface area contributed by atoms with Gasteiger partial charge in [0.15, 0.2) is 0 Å². The summed E-state index contributed by atoms with van der Waals surface area (Å²) in [4.78, 5) is 12.9. The summed E-state index contributed by atoms with van der Waals surface area (Å²) < 4.78 is 63.0. The highest BCUT2D eigenvalue weighted by molar-refractivity contribution is 7.88. The SMILES string of the molecule is Cc1ccsc1CN1CC[C@H]2OCC[C@@]2(CCNS(C)(=O)=O)C1.O=C(O)C(F)(F)F. The number of carboxylic acids is 1. The van der Waals surface area contributed by atoms with E-state index in [-0.39, 0.29) is 11.5 Å². The lowest BCUT2D eigenvalue weighted by molar-refractivity contribution is -0.192. The van der Waals surface area contributed by atoms with Crippen LogP contribution in [0.2, 0.25) is 0 Å². The minimum atomic E-state index is -5.08. The number of nitrogens with zero attached hydrogens (tertiary/aromatic N) is 1. The lowest BCUT2D eigenvalue weighted by atomic mass is 9.74. The Hall–Kier alpha value is -1.21. The molecule has 3 rings (SSSR count). The molecule has 30 heavy (non-hydrogen) atoms. The van der Waals surface area contributed by atoms with Crippen molar-refractivity contribution in [1.29, 1.82) is 0 Å². The minimum absolute atomic E-state index is 0.0983. The Morgan fingerprint density at radius 3 is 2.67 bits per heavy atom. The van der Waals surface area contributed by atoms with Crippen LogP contribution in [-0.2, 0) is 26.1 Å². The maximum atomic E-state index is 11.3. The molecule has 2 aliphatic heterocycles. The van der Waals surface area contributed by atoms with Gasteiger partial charge in [-0.15, -0.1) is 11.3 Å². The van der Waals surface area contributed by atoms with Gasteiger partial charge in [-0.1, -0.05) is 0 Å². The molecule has 2 aliphatic rings. The average Bonchev–Trinajstić information content (AvgIpc) is 3.19. The van der Waals surface area contributed by atoms with Crippen LogP contribution in [0.1, 0.15) is 29.7 Å². The van der Waals surface area contributed by atoms with Crippen LogP contribution < -0.4 is 4.72 Å². The van der Waals surface area contributed by atoms with Crippen molar-refractivity contribution in [1.82, 2.24) is 9.62 Å². The normalized spacial score (nSPS) is 24.8. The molecule has 0 spiro atoms. The fraction of sp³-hybridized carbons (Fsp3) is 0.722. The second kappa shape index (κ2) is 9.94. The van der Waals surface area contributed by atoms with E-state index < -0.39 is 22.2 Å². The van der Waals surface area contributed by atoms with Gasteiger partial charge >= 0.3 is 12.1 Å². The molecular formula is C18H27F3N2O5S2. The van der Waals surface area contributed by atoms with Gasteiger partial charge in [0.25, 0.3) is 0 Å². The Kier molecular flexibility index (Phi) is 8.30. The number of fused-ring (bicyclic) bond motifs is 1. The number of piperidine rings is 1. The zero-order valence-corrected chi connectivity index (χ0v) is 18.5. The van der Waals surface area contributed by atoms with Gasteiger partial charge < -0.3 is 9.84 Å². The zero-order valence-electron chi connectivity index (χ0n) is 16.9. The molecule has 0 amide bonds. The molecule has 0 radical (unpaired) electrons. The number of nitrogens with one attached hydrogen (secondary N) is 1. The van der Waals surface area contributed by atoms with Crippen molar-refractivity contribution in [2.24, 2.45) is 5.41 Å². The first-order valence-corrected chi connectivity index (χ1v) is 12.2. The van der Waals surface area contributed by atoms with Crippen molar-refractivity contribution < 1.29 is 36.2 Å². The summed E-state index contributed by atoms with van der Waals surface area (Å²) in [5, 5.41) is 9.28. The summed E-state index contributed by atoms with van der Waals surface area (Å²) in [6, 6.07) is 2.18. The number of carboxylic acid groups (broad SMARTS) is 1. The molecule has 2 fully saturated rings. The topological polar surface area (TPSA) is 95.9 Å².